The number of hydrogen-bond acceptors (Lipinski definition) is 8. The number of aromatic nitrogens is 4. The molecule has 4 heterocycles. The molecule has 5 rings (SSSR count). The summed E-state index contributed by atoms with van der Waals surface area (Å²) < 4.78 is 11.0. The van der Waals surface area contributed by atoms with Gasteiger partial charge in [0.2, 0.25) is 18.7 Å². The first-order valence-electron chi connectivity index (χ1n) is 8.53. The fraction of sp³-hybridized carbons (Fsp3) is 0.167. The lowest BCUT2D eigenvalue weighted by Crippen LogP contribution is -2.44. The quantitative estimate of drug-likeness (QED) is 0.611. The number of H-pyrrole nitrogens is 1. The first kappa shape index (κ1) is 16.2. The van der Waals surface area contributed by atoms with Gasteiger partial charge >= 0.3 is 0 Å². The van der Waals surface area contributed by atoms with Crippen LogP contribution in [0.25, 0.3) is 0 Å². The normalized spacial score (nSPS) is 19.4. The number of amides is 1. The van der Waals surface area contributed by atoms with Gasteiger partial charge in [-0.1, -0.05) is 6.07 Å². The molecule has 0 saturated carbocycles. The molecule has 10 heteroatoms. The number of anilines is 1. The van der Waals surface area contributed by atoms with Crippen molar-refractivity contribution >= 4 is 17.6 Å². The zero-order chi connectivity index (χ0) is 19.1. The van der Waals surface area contributed by atoms with E-state index in [1.54, 1.807) is 12.3 Å². The number of guanidine groups is 1. The number of carbonyl (C=O) groups excluding carboxylic acids is 1. The largest absolute Gasteiger partial charge is 0.454 e. The second kappa shape index (κ2) is 6.05. The standard InChI is InChI=1S/C18H15N7O3/c1-10(26)22-17-23-12-3-2-6-19-15(12)18(24-17,16-20-8-21-25-16)11-4-5-13-14(7-11)28-9-27-13/h2-8H,9H2,1H3,(H,20,21,25)(H2,22,23,24,26). The van der Waals surface area contributed by atoms with Crippen LogP contribution in [0.1, 0.15) is 24.0 Å². The van der Waals surface area contributed by atoms with Crippen LogP contribution in [0.15, 0.2) is 47.8 Å². The predicted molar refractivity (Wildman–Crippen MR) is 97.9 cm³/mol. The van der Waals surface area contributed by atoms with Crippen molar-refractivity contribution in [1.82, 2.24) is 25.5 Å². The Morgan fingerprint density at radius 2 is 2.11 bits per heavy atom. The Morgan fingerprint density at radius 3 is 2.93 bits per heavy atom. The van der Waals surface area contributed by atoms with Gasteiger partial charge in [-0.25, -0.2) is 9.98 Å². The van der Waals surface area contributed by atoms with Crippen molar-refractivity contribution in [1.29, 1.82) is 0 Å². The lowest BCUT2D eigenvalue weighted by atomic mass is 9.83. The molecule has 2 aliphatic heterocycles. The fourth-order valence-electron chi connectivity index (χ4n) is 3.40. The highest BCUT2D eigenvalue weighted by Crippen LogP contribution is 2.46. The molecule has 28 heavy (non-hydrogen) atoms. The smallest absolute Gasteiger partial charge is 0.231 e. The molecule has 0 bridgehead atoms. The van der Waals surface area contributed by atoms with Crippen LogP contribution in [0.3, 0.4) is 0 Å². The van der Waals surface area contributed by atoms with Crippen LogP contribution in [0.2, 0.25) is 0 Å². The summed E-state index contributed by atoms with van der Waals surface area (Å²) in [5.74, 6) is 1.73. The number of carbonyl (C=O) groups is 1. The van der Waals surface area contributed by atoms with Crippen molar-refractivity contribution in [3.63, 3.8) is 0 Å². The summed E-state index contributed by atoms with van der Waals surface area (Å²) in [7, 11) is 0. The van der Waals surface area contributed by atoms with Crippen LogP contribution in [-0.2, 0) is 10.3 Å². The topological polar surface area (TPSA) is 126 Å². The molecule has 3 aromatic rings. The van der Waals surface area contributed by atoms with Gasteiger partial charge in [-0.2, -0.15) is 5.10 Å². The van der Waals surface area contributed by atoms with Crippen LogP contribution in [0.4, 0.5) is 5.69 Å². The summed E-state index contributed by atoms with van der Waals surface area (Å²) >= 11 is 0. The van der Waals surface area contributed by atoms with E-state index in [0.717, 1.165) is 5.56 Å². The Bertz CT molecular complexity index is 1100. The van der Waals surface area contributed by atoms with Crippen molar-refractivity contribution < 1.29 is 14.3 Å². The molecule has 2 aromatic heterocycles. The Labute approximate surface area is 159 Å². The molecule has 140 valence electrons. The van der Waals surface area contributed by atoms with Crippen molar-refractivity contribution in [2.75, 3.05) is 12.1 Å². The van der Waals surface area contributed by atoms with E-state index in [2.05, 4.69) is 30.8 Å². The third kappa shape index (κ3) is 2.38. The van der Waals surface area contributed by atoms with Crippen LogP contribution >= 0.6 is 0 Å². The summed E-state index contributed by atoms with van der Waals surface area (Å²) in [5.41, 5.74) is 0.865. The number of benzene rings is 1. The first-order valence-corrected chi connectivity index (χ1v) is 8.53. The highest BCUT2D eigenvalue weighted by molar-refractivity contribution is 6.05. The van der Waals surface area contributed by atoms with Gasteiger partial charge in [0.15, 0.2) is 22.9 Å². The minimum Gasteiger partial charge on any atom is -0.454 e. The number of aliphatic imine (C=N–C) groups is 1. The van der Waals surface area contributed by atoms with E-state index in [1.165, 1.54) is 13.3 Å². The molecule has 3 N–H and O–H groups in total. The van der Waals surface area contributed by atoms with Crippen LogP contribution in [0, 0.1) is 0 Å². The van der Waals surface area contributed by atoms with Crippen molar-refractivity contribution in [3.8, 4) is 11.5 Å². The zero-order valence-corrected chi connectivity index (χ0v) is 14.8. The molecule has 0 saturated heterocycles. The summed E-state index contributed by atoms with van der Waals surface area (Å²) in [6.45, 7) is 1.57. The molecule has 0 spiro atoms. The molecule has 1 aromatic carbocycles. The van der Waals surface area contributed by atoms with Crippen molar-refractivity contribution in [2.45, 2.75) is 12.5 Å². The second-order valence-electron chi connectivity index (χ2n) is 6.28. The van der Waals surface area contributed by atoms with Gasteiger partial charge in [-0.3, -0.25) is 20.2 Å². The maximum absolute atomic E-state index is 11.7. The van der Waals surface area contributed by atoms with Gasteiger partial charge in [0.25, 0.3) is 0 Å². The predicted octanol–water partition coefficient (Wildman–Crippen LogP) is 1.14. The molecule has 0 aliphatic carbocycles. The molecular formula is C18H15N7O3. The highest BCUT2D eigenvalue weighted by atomic mass is 16.7. The van der Waals surface area contributed by atoms with Gasteiger partial charge < -0.3 is 14.8 Å². The van der Waals surface area contributed by atoms with E-state index in [1.807, 2.05) is 24.3 Å². The summed E-state index contributed by atoms with van der Waals surface area (Å²) in [6, 6.07) is 9.18. The lowest BCUT2D eigenvalue weighted by Gasteiger charge is -2.34. The number of hydrogen-bond donors (Lipinski definition) is 3. The number of nitrogens with zero attached hydrogens (tertiary/aromatic N) is 4. The molecule has 0 fully saturated rings. The Balaban J connectivity index is 1.81. The molecule has 0 radical (unpaired) electrons. The van der Waals surface area contributed by atoms with E-state index in [0.29, 0.717) is 28.7 Å². The van der Waals surface area contributed by atoms with Gasteiger partial charge in [0.05, 0.1) is 5.69 Å². The summed E-state index contributed by atoms with van der Waals surface area (Å²) in [4.78, 5) is 25.4. The summed E-state index contributed by atoms with van der Waals surface area (Å²) in [5, 5.41) is 12.7. The van der Waals surface area contributed by atoms with Crippen molar-refractivity contribution in [3.05, 3.63) is 59.9 Å². The van der Waals surface area contributed by atoms with Gasteiger partial charge in [-0.05, 0) is 29.8 Å². The molecule has 1 unspecified atom stereocenters. The maximum atomic E-state index is 11.7. The average molecular weight is 377 g/mol. The monoisotopic (exact) mass is 377 g/mol. The molecule has 1 amide bonds. The number of aromatic amines is 1. The maximum Gasteiger partial charge on any atom is 0.231 e. The van der Waals surface area contributed by atoms with Crippen LogP contribution in [0.5, 0.6) is 11.5 Å². The van der Waals surface area contributed by atoms with Crippen LogP contribution < -0.4 is 20.1 Å². The van der Waals surface area contributed by atoms with Crippen molar-refractivity contribution in [2.24, 2.45) is 4.99 Å². The zero-order valence-electron chi connectivity index (χ0n) is 14.8. The van der Waals surface area contributed by atoms with Gasteiger partial charge in [0.1, 0.15) is 12.0 Å². The number of ether oxygens (including phenoxy) is 2. The van der Waals surface area contributed by atoms with E-state index in [-0.39, 0.29) is 18.7 Å². The Kier molecular flexibility index (Phi) is 3.51. The third-order valence-electron chi connectivity index (χ3n) is 4.53. The number of pyridine rings is 1. The van der Waals surface area contributed by atoms with Crippen LogP contribution in [-0.4, -0.2) is 38.8 Å². The van der Waals surface area contributed by atoms with E-state index >= 15 is 0 Å². The molecule has 1 atom stereocenters. The first-order chi connectivity index (χ1) is 13.7. The second-order valence-corrected chi connectivity index (χ2v) is 6.28. The highest BCUT2D eigenvalue weighted by Gasteiger charge is 2.46. The summed E-state index contributed by atoms with van der Waals surface area (Å²) in [6.07, 6.45) is 3.08. The molecule has 10 nitrogen and oxygen atoms in total. The molecular weight excluding hydrogens is 362 g/mol. The fourth-order valence-corrected chi connectivity index (χ4v) is 3.40. The SMILES string of the molecule is CC(=O)NC1=NC(c2ccc3c(c2)OCO3)(c2ncn[nH]2)c2ncccc2N1. The molecule has 2 aliphatic rings. The lowest BCUT2D eigenvalue weighted by molar-refractivity contribution is -0.117. The van der Waals surface area contributed by atoms with E-state index in [4.69, 9.17) is 14.5 Å². The van der Waals surface area contributed by atoms with E-state index in [9.17, 15) is 4.79 Å². The van der Waals surface area contributed by atoms with E-state index < -0.39 is 5.54 Å². The number of rotatable bonds is 2. The number of fused-ring (bicyclic) bond motifs is 2. The number of nitrogens with one attached hydrogen (secondary N) is 3. The Morgan fingerprint density at radius 1 is 1.21 bits per heavy atom. The third-order valence-corrected chi connectivity index (χ3v) is 4.53. The Hall–Kier alpha value is -3.95. The minimum atomic E-state index is -1.17. The van der Waals surface area contributed by atoms with Gasteiger partial charge in [-0.15, -0.1) is 0 Å². The average Bonchev–Trinajstić information content (AvgIpc) is 3.38. The van der Waals surface area contributed by atoms with Gasteiger partial charge in [0, 0.05) is 13.1 Å². The minimum absolute atomic E-state index is 0.158.